The molecule has 0 spiro atoms. The summed E-state index contributed by atoms with van der Waals surface area (Å²) >= 11 is 6.97. The second-order valence-electron chi connectivity index (χ2n) is 5.76. The molecular weight excluding hydrogens is 492 g/mol. The van der Waals surface area contributed by atoms with Gasteiger partial charge in [0, 0.05) is 4.47 Å². The van der Waals surface area contributed by atoms with Crippen LogP contribution in [-0.2, 0) is 4.79 Å². The third kappa shape index (κ3) is 4.82. The summed E-state index contributed by atoms with van der Waals surface area (Å²) in [6, 6.07) is 14.4. The van der Waals surface area contributed by atoms with E-state index in [-0.39, 0.29) is 12.4 Å². The molecule has 0 atom stereocenters. The van der Waals surface area contributed by atoms with E-state index in [9.17, 15) is 9.90 Å². The minimum Gasteiger partial charge on any atom is -0.504 e. The smallest absolute Gasteiger partial charge is 0.277 e. The minimum atomic E-state index is -0.398. The van der Waals surface area contributed by atoms with Crippen molar-refractivity contribution in [3.8, 4) is 17.2 Å². The number of hydrazone groups is 1. The second kappa shape index (κ2) is 9.07. The number of benzene rings is 3. The number of halogens is 2. The molecule has 0 bridgehead atoms. The van der Waals surface area contributed by atoms with Gasteiger partial charge in [0.1, 0.15) is 5.75 Å². The first-order valence-electron chi connectivity index (χ1n) is 8.17. The SMILES string of the molecule is COc1cc(/C=N/NC(=O)COc2ccc3cc(Br)ccc3c2Br)ccc1O. The number of nitrogens with zero attached hydrogens (tertiary/aromatic N) is 1. The Hall–Kier alpha value is -2.58. The lowest BCUT2D eigenvalue weighted by Gasteiger charge is -2.10. The Kier molecular flexibility index (Phi) is 6.53. The number of carbonyl (C=O) groups is 1. The molecule has 144 valence electrons. The first-order valence-corrected chi connectivity index (χ1v) is 9.76. The highest BCUT2D eigenvalue weighted by molar-refractivity contribution is 9.11. The first-order chi connectivity index (χ1) is 13.5. The lowest BCUT2D eigenvalue weighted by Crippen LogP contribution is -2.24. The Bertz CT molecular complexity index is 1050. The van der Waals surface area contributed by atoms with Gasteiger partial charge in [-0.2, -0.15) is 5.10 Å². The molecule has 2 N–H and O–H groups in total. The highest BCUT2D eigenvalue weighted by atomic mass is 79.9. The summed E-state index contributed by atoms with van der Waals surface area (Å²) in [7, 11) is 1.46. The van der Waals surface area contributed by atoms with Crippen LogP contribution < -0.4 is 14.9 Å². The summed E-state index contributed by atoms with van der Waals surface area (Å²) in [5.74, 6) is 0.527. The predicted molar refractivity (Wildman–Crippen MR) is 115 cm³/mol. The Labute approximate surface area is 178 Å². The molecule has 0 unspecified atom stereocenters. The predicted octanol–water partition coefficient (Wildman–Crippen LogP) is 4.61. The number of fused-ring (bicyclic) bond motifs is 1. The summed E-state index contributed by atoms with van der Waals surface area (Å²) in [5, 5.41) is 15.5. The fourth-order valence-corrected chi connectivity index (χ4v) is 3.47. The maximum absolute atomic E-state index is 12.0. The van der Waals surface area contributed by atoms with Crippen molar-refractivity contribution in [3.63, 3.8) is 0 Å². The molecule has 8 heteroatoms. The van der Waals surface area contributed by atoms with E-state index in [1.165, 1.54) is 19.4 Å². The number of rotatable bonds is 6. The molecule has 0 aliphatic rings. The summed E-state index contributed by atoms with van der Waals surface area (Å²) < 4.78 is 12.4. The van der Waals surface area contributed by atoms with Gasteiger partial charge in [-0.25, -0.2) is 5.43 Å². The molecule has 6 nitrogen and oxygen atoms in total. The lowest BCUT2D eigenvalue weighted by molar-refractivity contribution is -0.123. The van der Waals surface area contributed by atoms with Crippen molar-refractivity contribution in [1.29, 1.82) is 0 Å². The van der Waals surface area contributed by atoms with E-state index in [1.807, 2.05) is 24.3 Å². The molecule has 0 aliphatic heterocycles. The largest absolute Gasteiger partial charge is 0.504 e. The van der Waals surface area contributed by atoms with E-state index in [0.717, 1.165) is 19.7 Å². The quantitative estimate of drug-likeness (QED) is 0.377. The van der Waals surface area contributed by atoms with Crippen molar-refractivity contribution >= 4 is 54.8 Å². The number of ether oxygens (including phenoxy) is 2. The van der Waals surface area contributed by atoms with Gasteiger partial charge in [-0.1, -0.05) is 28.1 Å². The molecule has 0 aliphatic carbocycles. The molecular formula is C20H16Br2N2O4. The van der Waals surface area contributed by atoms with E-state index in [1.54, 1.807) is 18.2 Å². The number of amides is 1. The van der Waals surface area contributed by atoms with Gasteiger partial charge in [-0.3, -0.25) is 4.79 Å². The molecule has 0 heterocycles. The summed E-state index contributed by atoms with van der Waals surface area (Å²) in [4.78, 5) is 12.0. The molecule has 0 aromatic heterocycles. The maximum atomic E-state index is 12.0. The number of aromatic hydroxyl groups is 1. The van der Waals surface area contributed by atoms with Crippen molar-refractivity contribution in [2.24, 2.45) is 5.10 Å². The Morgan fingerprint density at radius 2 is 1.96 bits per heavy atom. The van der Waals surface area contributed by atoms with E-state index in [0.29, 0.717) is 17.1 Å². The number of nitrogens with one attached hydrogen (secondary N) is 1. The summed E-state index contributed by atoms with van der Waals surface area (Å²) in [6.45, 7) is -0.184. The van der Waals surface area contributed by atoms with Gasteiger partial charge in [0.05, 0.1) is 17.8 Å². The second-order valence-corrected chi connectivity index (χ2v) is 7.46. The van der Waals surface area contributed by atoms with Crippen molar-refractivity contribution < 1.29 is 19.4 Å². The number of phenolic OH excluding ortho intramolecular Hbond substituents is 1. The van der Waals surface area contributed by atoms with Crippen LogP contribution in [0.2, 0.25) is 0 Å². The van der Waals surface area contributed by atoms with Gasteiger partial charge in [0.25, 0.3) is 5.91 Å². The van der Waals surface area contributed by atoms with Crippen molar-refractivity contribution in [1.82, 2.24) is 5.43 Å². The van der Waals surface area contributed by atoms with Gasteiger partial charge < -0.3 is 14.6 Å². The van der Waals surface area contributed by atoms with Gasteiger partial charge >= 0.3 is 0 Å². The normalized spacial score (nSPS) is 11.0. The van der Waals surface area contributed by atoms with Crippen LogP contribution in [0.15, 0.2) is 62.6 Å². The summed E-state index contributed by atoms with van der Waals surface area (Å²) in [6.07, 6.45) is 1.45. The monoisotopic (exact) mass is 506 g/mol. The van der Waals surface area contributed by atoms with E-state index >= 15 is 0 Å². The summed E-state index contributed by atoms with van der Waals surface area (Å²) in [5.41, 5.74) is 3.06. The molecule has 0 saturated carbocycles. The maximum Gasteiger partial charge on any atom is 0.277 e. The van der Waals surface area contributed by atoms with Crippen LogP contribution in [0.5, 0.6) is 17.2 Å². The average molecular weight is 508 g/mol. The molecule has 3 aromatic rings. The van der Waals surface area contributed by atoms with Crippen LogP contribution >= 0.6 is 31.9 Å². The number of methoxy groups -OCH3 is 1. The Morgan fingerprint density at radius 1 is 1.14 bits per heavy atom. The zero-order valence-corrected chi connectivity index (χ0v) is 18.0. The molecule has 0 radical (unpaired) electrons. The standard InChI is InChI=1S/C20H16Br2N2O4/c1-27-18-8-12(2-6-16(18)25)10-23-24-19(26)11-28-17-7-3-13-9-14(21)4-5-15(13)20(17)22/h2-10,25H,11H2,1H3,(H,24,26)/b23-10+. The lowest BCUT2D eigenvalue weighted by atomic mass is 10.1. The highest BCUT2D eigenvalue weighted by Gasteiger charge is 2.09. The number of hydrogen-bond acceptors (Lipinski definition) is 5. The molecule has 3 aromatic carbocycles. The third-order valence-electron chi connectivity index (χ3n) is 3.85. The van der Waals surface area contributed by atoms with Gasteiger partial charge in [-0.05, 0) is 68.7 Å². The zero-order valence-electron chi connectivity index (χ0n) is 14.8. The van der Waals surface area contributed by atoms with E-state index < -0.39 is 5.91 Å². The van der Waals surface area contributed by atoms with Crippen molar-refractivity contribution in [3.05, 3.63) is 63.0 Å². The van der Waals surface area contributed by atoms with Crippen LogP contribution in [0.3, 0.4) is 0 Å². The van der Waals surface area contributed by atoms with Crippen LogP contribution in [0.25, 0.3) is 10.8 Å². The molecule has 0 fully saturated rings. The van der Waals surface area contributed by atoms with Crippen LogP contribution in [0.1, 0.15) is 5.56 Å². The van der Waals surface area contributed by atoms with Crippen LogP contribution in [-0.4, -0.2) is 30.9 Å². The Balaban J connectivity index is 1.59. The van der Waals surface area contributed by atoms with Crippen LogP contribution in [0.4, 0.5) is 0 Å². The van der Waals surface area contributed by atoms with Crippen LogP contribution in [0, 0.1) is 0 Å². The highest BCUT2D eigenvalue weighted by Crippen LogP contribution is 2.34. The number of phenols is 1. The van der Waals surface area contributed by atoms with E-state index in [4.69, 9.17) is 9.47 Å². The van der Waals surface area contributed by atoms with Gasteiger partial charge in [0.2, 0.25) is 0 Å². The van der Waals surface area contributed by atoms with Crippen molar-refractivity contribution in [2.75, 3.05) is 13.7 Å². The minimum absolute atomic E-state index is 0.0328. The number of carbonyl (C=O) groups excluding carboxylic acids is 1. The fraction of sp³-hybridized carbons (Fsp3) is 0.100. The van der Waals surface area contributed by atoms with Gasteiger partial charge in [-0.15, -0.1) is 0 Å². The molecule has 0 saturated heterocycles. The van der Waals surface area contributed by atoms with E-state index in [2.05, 4.69) is 42.4 Å². The zero-order chi connectivity index (χ0) is 20.1. The molecule has 28 heavy (non-hydrogen) atoms. The molecule has 3 rings (SSSR count). The first kappa shape index (κ1) is 20.2. The van der Waals surface area contributed by atoms with Gasteiger partial charge in [0.15, 0.2) is 18.1 Å². The fourth-order valence-electron chi connectivity index (χ4n) is 2.48. The Morgan fingerprint density at radius 3 is 2.75 bits per heavy atom. The number of hydrogen-bond donors (Lipinski definition) is 2. The topological polar surface area (TPSA) is 80.2 Å². The molecule has 1 amide bonds. The van der Waals surface area contributed by atoms with Crippen molar-refractivity contribution in [2.45, 2.75) is 0 Å². The third-order valence-corrected chi connectivity index (χ3v) is 5.16. The average Bonchev–Trinajstić information content (AvgIpc) is 2.68.